The predicted molar refractivity (Wildman–Crippen MR) is 64.8 cm³/mol. The Bertz CT molecular complexity index is 287. The number of rotatable bonds is 3. The van der Waals surface area contributed by atoms with Crippen LogP contribution in [0.5, 0.6) is 0 Å². The van der Waals surface area contributed by atoms with Gasteiger partial charge in [-0.25, -0.2) is 0 Å². The van der Waals surface area contributed by atoms with Gasteiger partial charge in [-0.15, -0.1) is 0 Å². The lowest BCUT2D eigenvalue weighted by molar-refractivity contribution is 0.386. The highest BCUT2D eigenvalue weighted by atomic mass is 14.7. The highest BCUT2D eigenvalue weighted by molar-refractivity contribution is 5.20. The van der Waals surface area contributed by atoms with Crippen molar-refractivity contribution in [2.75, 3.05) is 0 Å². The molecule has 0 saturated heterocycles. The second-order valence-electron chi connectivity index (χ2n) is 4.82. The Morgan fingerprint density at radius 1 is 1.13 bits per heavy atom. The summed E-state index contributed by atoms with van der Waals surface area (Å²) in [6, 6.07) is 11.0. The fourth-order valence-corrected chi connectivity index (χ4v) is 2.73. The summed E-state index contributed by atoms with van der Waals surface area (Å²) in [5.74, 6) is 1.24. The van der Waals surface area contributed by atoms with Crippen molar-refractivity contribution < 1.29 is 0 Å². The summed E-state index contributed by atoms with van der Waals surface area (Å²) in [5.41, 5.74) is 7.74. The average Bonchev–Trinajstić information content (AvgIpc) is 2.82. The van der Waals surface area contributed by atoms with Crippen LogP contribution in [0, 0.1) is 5.92 Å². The molecule has 0 spiro atoms. The van der Waals surface area contributed by atoms with Gasteiger partial charge in [-0.2, -0.15) is 0 Å². The van der Waals surface area contributed by atoms with Crippen molar-refractivity contribution in [3.8, 4) is 0 Å². The highest BCUT2D eigenvalue weighted by Gasteiger charge is 2.26. The second-order valence-corrected chi connectivity index (χ2v) is 4.82. The van der Waals surface area contributed by atoms with Gasteiger partial charge in [0, 0.05) is 6.04 Å². The molecule has 2 N–H and O–H groups in total. The first-order valence-corrected chi connectivity index (χ1v) is 6.09. The molecule has 1 saturated carbocycles. The van der Waals surface area contributed by atoms with Gasteiger partial charge in [0.05, 0.1) is 0 Å². The number of hydrogen-bond donors (Lipinski definition) is 1. The van der Waals surface area contributed by atoms with E-state index in [1.165, 1.54) is 31.2 Å². The second kappa shape index (κ2) is 4.80. The molecule has 0 aliphatic heterocycles. The molecule has 1 fully saturated rings. The minimum Gasteiger partial charge on any atom is -0.327 e. The molecule has 1 aromatic carbocycles. The van der Waals surface area contributed by atoms with Crippen molar-refractivity contribution in [2.45, 2.75) is 44.6 Å². The molecule has 15 heavy (non-hydrogen) atoms. The third-order valence-corrected chi connectivity index (χ3v) is 3.85. The lowest BCUT2D eigenvalue weighted by Crippen LogP contribution is -2.33. The van der Waals surface area contributed by atoms with Gasteiger partial charge in [0.25, 0.3) is 0 Å². The number of nitrogens with two attached hydrogens (primary N) is 1. The quantitative estimate of drug-likeness (QED) is 0.801. The number of hydrogen-bond acceptors (Lipinski definition) is 1. The molecule has 0 radical (unpaired) electrons. The summed E-state index contributed by atoms with van der Waals surface area (Å²) < 4.78 is 0. The topological polar surface area (TPSA) is 26.0 Å². The molecular formula is C14H21N. The molecule has 1 aromatic rings. The van der Waals surface area contributed by atoms with E-state index in [9.17, 15) is 0 Å². The smallest absolute Gasteiger partial charge is 0.0134 e. The van der Waals surface area contributed by atoms with Gasteiger partial charge in [-0.3, -0.25) is 0 Å². The van der Waals surface area contributed by atoms with E-state index >= 15 is 0 Å². The lowest BCUT2D eigenvalue weighted by Gasteiger charge is -2.25. The zero-order chi connectivity index (χ0) is 10.7. The molecule has 1 aliphatic carbocycles. The fourth-order valence-electron chi connectivity index (χ4n) is 2.73. The van der Waals surface area contributed by atoms with E-state index in [1.54, 1.807) is 0 Å². The Morgan fingerprint density at radius 2 is 1.73 bits per heavy atom. The van der Waals surface area contributed by atoms with Gasteiger partial charge in [-0.1, -0.05) is 50.1 Å². The average molecular weight is 203 g/mol. The van der Waals surface area contributed by atoms with E-state index in [2.05, 4.69) is 37.3 Å². The van der Waals surface area contributed by atoms with E-state index in [0.717, 1.165) is 5.92 Å². The zero-order valence-corrected chi connectivity index (χ0v) is 9.52. The Hall–Kier alpha value is -0.820. The molecular weight excluding hydrogens is 182 g/mol. The third-order valence-electron chi connectivity index (χ3n) is 3.85. The maximum Gasteiger partial charge on any atom is 0.0134 e. The maximum absolute atomic E-state index is 6.35. The minimum atomic E-state index is 0.342. The zero-order valence-electron chi connectivity index (χ0n) is 9.52. The van der Waals surface area contributed by atoms with Crippen LogP contribution in [0.25, 0.3) is 0 Å². The van der Waals surface area contributed by atoms with Crippen LogP contribution in [0.15, 0.2) is 30.3 Å². The first kappa shape index (κ1) is 10.7. The monoisotopic (exact) mass is 203 g/mol. The highest BCUT2D eigenvalue weighted by Crippen LogP contribution is 2.32. The molecule has 2 rings (SSSR count). The molecule has 1 aliphatic rings. The maximum atomic E-state index is 6.35. The summed E-state index contributed by atoms with van der Waals surface area (Å²) in [6.45, 7) is 2.26. The molecule has 2 atom stereocenters. The van der Waals surface area contributed by atoms with Crippen LogP contribution in [0.1, 0.15) is 44.1 Å². The molecule has 1 heteroatoms. The van der Waals surface area contributed by atoms with E-state index in [0.29, 0.717) is 12.0 Å². The van der Waals surface area contributed by atoms with Gasteiger partial charge in [0.2, 0.25) is 0 Å². The largest absolute Gasteiger partial charge is 0.327 e. The molecule has 0 heterocycles. The third kappa shape index (κ3) is 2.40. The van der Waals surface area contributed by atoms with E-state index < -0.39 is 0 Å². The SMILES string of the molecule is CC(c1ccccc1)C(N)C1CCCC1. The Labute approximate surface area is 92.7 Å². The Morgan fingerprint density at radius 3 is 2.33 bits per heavy atom. The first-order chi connectivity index (χ1) is 7.29. The van der Waals surface area contributed by atoms with Gasteiger partial charge < -0.3 is 5.73 Å². The van der Waals surface area contributed by atoms with Crippen molar-refractivity contribution in [3.05, 3.63) is 35.9 Å². The molecule has 0 aromatic heterocycles. The van der Waals surface area contributed by atoms with Crippen LogP contribution in [-0.4, -0.2) is 6.04 Å². The first-order valence-electron chi connectivity index (χ1n) is 6.09. The van der Waals surface area contributed by atoms with Crippen LogP contribution in [0.4, 0.5) is 0 Å². The van der Waals surface area contributed by atoms with Crippen LogP contribution in [-0.2, 0) is 0 Å². The van der Waals surface area contributed by atoms with Crippen molar-refractivity contribution in [2.24, 2.45) is 11.7 Å². The molecule has 82 valence electrons. The van der Waals surface area contributed by atoms with Gasteiger partial charge >= 0.3 is 0 Å². The standard InChI is InChI=1S/C14H21N/c1-11(12-7-3-2-4-8-12)14(15)13-9-5-6-10-13/h2-4,7-8,11,13-14H,5-6,9-10,15H2,1H3. The summed E-state index contributed by atoms with van der Waals surface area (Å²) >= 11 is 0. The van der Waals surface area contributed by atoms with Gasteiger partial charge in [0.1, 0.15) is 0 Å². The van der Waals surface area contributed by atoms with Gasteiger partial charge in [0.15, 0.2) is 0 Å². The predicted octanol–water partition coefficient (Wildman–Crippen LogP) is 3.31. The molecule has 1 nitrogen and oxygen atoms in total. The molecule has 0 bridgehead atoms. The van der Waals surface area contributed by atoms with Crippen LogP contribution < -0.4 is 5.73 Å². The van der Waals surface area contributed by atoms with Crippen LogP contribution in [0.3, 0.4) is 0 Å². The molecule has 0 amide bonds. The summed E-state index contributed by atoms with van der Waals surface area (Å²) in [4.78, 5) is 0. The number of benzene rings is 1. The summed E-state index contributed by atoms with van der Waals surface area (Å²) in [6.07, 6.45) is 5.41. The van der Waals surface area contributed by atoms with Crippen molar-refractivity contribution in [1.82, 2.24) is 0 Å². The lowest BCUT2D eigenvalue weighted by atomic mass is 9.84. The van der Waals surface area contributed by atoms with E-state index in [1.807, 2.05) is 0 Å². The molecule has 2 unspecified atom stereocenters. The summed E-state index contributed by atoms with van der Waals surface area (Å²) in [5, 5.41) is 0. The minimum absolute atomic E-state index is 0.342. The van der Waals surface area contributed by atoms with Crippen molar-refractivity contribution >= 4 is 0 Å². The van der Waals surface area contributed by atoms with E-state index in [-0.39, 0.29) is 0 Å². The van der Waals surface area contributed by atoms with E-state index in [4.69, 9.17) is 5.73 Å². The van der Waals surface area contributed by atoms with Crippen LogP contribution in [0.2, 0.25) is 0 Å². The van der Waals surface area contributed by atoms with Crippen molar-refractivity contribution in [3.63, 3.8) is 0 Å². The van der Waals surface area contributed by atoms with Crippen molar-refractivity contribution in [1.29, 1.82) is 0 Å². The normalized spacial score (nSPS) is 21.5. The fraction of sp³-hybridized carbons (Fsp3) is 0.571. The van der Waals surface area contributed by atoms with Crippen LogP contribution >= 0.6 is 0 Å². The Kier molecular flexibility index (Phi) is 3.42. The van der Waals surface area contributed by atoms with Gasteiger partial charge in [-0.05, 0) is 30.2 Å². The Balaban J connectivity index is 2.03. The summed E-state index contributed by atoms with van der Waals surface area (Å²) in [7, 11) is 0.